The van der Waals surface area contributed by atoms with Crippen LogP contribution in [-0.2, 0) is 19.1 Å². The van der Waals surface area contributed by atoms with E-state index in [-0.39, 0.29) is 17.6 Å². The molecule has 1 aliphatic rings. The van der Waals surface area contributed by atoms with Crippen LogP contribution in [0.1, 0.15) is 12.0 Å². The van der Waals surface area contributed by atoms with Crippen molar-refractivity contribution in [2.75, 3.05) is 6.61 Å². The number of ether oxygens (including phenoxy) is 2. The van der Waals surface area contributed by atoms with Gasteiger partial charge in [0, 0.05) is 12.5 Å². The van der Waals surface area contributed by atoms with E-state index in [0.29, 0.717) is 13.0 Å². The van der Waals surface area contributed by atoms with E-state index in [9.17, 15) is 14.9 Å². The number of esters is 1. The van der Waals surface area contributed by atoms with Gasteiger partial charge in [-0.15, -0.1) is 0 Å². The molecule has 1 saturated heterocycles. The van der Waals surface area contributed by atoms with E-state index in [2.05, 4.69) is 0 Å². The van der Waals surface area contributed by atoms with Crippen molar-refractivity contribution in [2.45, 2.75) is 19.4 Å². The third-order valence-electron chi connectivity index (χ3n) is 2.47. The normalized spacial score (nSPS) is 16.4. The summed E-state index contributed by atoms with van der Waals surface area (Å²) in [5.74, 6) is -0.371. The number of carbonyl (C=O) groups is 1. The zero-order valence-corrected chi connectivity index (χ0v) is 10.5. The average Bonchev–Trinajstić information content (AvgIpc) is 2.78. The molecule has 1 fully saturated rings. The van der Waals surface area contributed by atoms with Gasteiger partial charge in [0.05, 0.1) is 11.5 Å². The molecule has 8 heteroatoms. The van der Waals surface area contributed by atoms with Crippen molar-refractivity contribution in [3.05, 3.63) is 33.9 Å². The van der Waals surface area contributed by atoms with Crippen LogP contribution >= 0.6 is 0 Å². The fraction of sp³-hybridized carbons (Fsp3) is 0.333. The van der Waals surface area contributed by atoms with Crippen LogP contribution in [0.25, 0.3) is 0 Å². The molecule has 1 aliphatic heterocycles. The molecule has 1 aromatic carbocycles. The molecule has 0 N–H and O–H groups in total. The molecule has 0 spiro atoms. The summed E-state index contributed by atoms with van der Waals surface area (Å²) in [6.07, 6.45) is -0.0689. The molecule has 1 atom stereocenters. The second-order valence-corrected chi connectivity index (χ2v) is 3.87. The molecule has 106 valence electrons. The van der Waals surface area contributed by atoms with Gasteiger partial charge in [0.2, 0.25) is 0 Å². The first-order chi connectivity index (χ1) is 9.49. The van der Waals surface area contributed by atoms with E-state index >= 15 is 0 Å². The number of aryl methyl sites for hydroxylation is 1. The summed E-state index contributed by atoms with van der Waals surface area (Å²) in [4.78, 5) is 37.8. The molecule has 0 radical (unpaired) electrons. The first kappa shape index (κ1) is 15.3. The Bertz CT molecular complexity index is 549. The molecule has 1 heterocycles. The van der Waals surface area contributed by atoms with Crippen molar-refractivity contribution < 1.29 is 28.8 Å². The Kier molecular flexibility index (Phi) is 5.37. The Labute approximate surface area is 113 Å². The minimum absolute atomic E-state index is 0.101. The van der Waals surface area contributed by atoms with Crippen molar-refractivity contribution in [3.8, 4) is 5.75 Å². The standard InChI is InChI=1S/C11H11NO5.CO2/c1-7-2-3-9(8(6-7)12(14)15)17-10-4-5-16-11(10)13;2-1-3/h2-3,6,10H,4-5H2,1H3;/t10-;/m0./s1. The number of nitro groups is 1. The highest BCUT2D eigenvalue weighted by Crippen LogP contribution is 2.29. The zero-order valence-electron chi connectivity index (χ0n) is 10.5. The second-order valence-electron chi connectivity index (χ2n) is 3.87. The van der Waals surface area contributed by atoms with E-state index in [4.69, 9.17) is 19.1 Å². The van der Waals surface area contributed by atoms with Crippen LogP contribution in [-0.4, -0.2) is 29.8 Å². The quantitative estimate of drug-likeness (QED) is 0.461. The Morgan fingerprint density at radius 1 is 1.45 bits per heavy atom. The highest BCUT2D eigenvalue weighted by Gasteiger charge is 2.30. The number of nitro benzene ring substituents is 1. The lowest BCUT2D eigenvalue weighted by Gasteiger charge is -2.10. The van der Waals surface area contributed by atoms with E-state index in [1.165, 1.54) is 12.1 Å². The maximum absolute atomic E-state index is 11.2. The van der Waals surface area contributed by atoms with Crippen LogP contribution in [0.4, 0.5) is 5.69 Å². The van der Waals surface area contributed by atoms with Gasteiger partial charge in [0.25, 0.3) is 0 Å². The maximum Gasteiger partial charge on any atom is 0.373 e. The molecule has 0 saturated carbocycles. The number of nitrogens with zero attached hydrogens (tertiary/aromatic N) is 1. The molecule has 0 unspecified atom stereocenters. The summed E-state index contributed by atoms with van der Waals surface area (Å²) in [5, 5.41) is 10.8. The van der Waals surface area contributed by atoms with Crippen molar-refractivity contribution in [3.63, 3.8) is 0 Å². The first-order valence-electron chi connectivity index (χ1n) is 5.57. The van der Waals surface area contributed by atoms with Gasteiger partial charge in [-0.1, -0.05) is 6.07 Å². The molecule has 0 bridgehead atoms. The van der Waals surface area contributed by atoms with Gasteiger partial charge in [-0.2, -0.15) is 9.59 Å². The highest BCUT2D eigenvalue weighted by atomic mass is 16.6. The number of benzene rings is 1. The van der Waals surface area contributed by atoms with E-state index < -0.39 is 17.0 Å². The number of cyclic esters (lactones) is 1. The molecule has 0 amide bonds. The van der Waals surface area contributed by atoms with Gasteiger partial charge in [0.15, 0.2) is 11.9 Å². The minimum atomic E-state index is -0.739. The van der Waals surface area contributed by atoms with Crippen LogP contribution in [0.5, 0.6) is 5.75 Å². The molecule has 0 aliphatic carbocycles. The lowest BCUT2D eigenvalue weighted by atomic mass is 10.2. The SMILES string of the molecule is Cc1ccc(O[C@H]2CCOC2=O)c([N+](=O)[O-])c1.O=C=O. The Hall–Kier alpha value is -2.73. The van der Waals surface area contributed by atoms with Crippen molar-refractivity contribution in [2.24, 2.45) is 0 Å². The molecule has 2 rings (SSSR count). The Morgan fingerprint density at radius 2 is 2.10 bits per heavy atom. The largest absolute Gasteiger partial charge is 0.471 e. The predicted molar refractivity (Wildman–Crippen MR) is 62.8 cm³/mol. The fourth-order valence-electron chi connectivity index (χ4n) is 1.61. The lowest BCUT2D eigenvalue weighted by Crippen LogP contribution is -2.22. The second kappa shape index (κ2) is 7.01. The molecule has 20 heavy (non-hydrogen) atoms. The Balaban J connectivity index is 0.000000612. The summed E-state index contributed by atoms with van der Waals surface area (Å²) in [5.41, 5.74) is 0.628. The summed E-state index contributed by atoms with van der Waals surface area (Å²) < 4.78 is 10.0. The molecular weight excluding hydrogens is 270 g/mol. The van der Waals surface area contributed by atoms with Crippen molar-refractivity contribution >= 4 is 17.8 Å². The van der Waals surface area contributed by atoms with Gasteiger partial charge in [-0.25, -0.2) is 4.79 Å². The third-order valence-corrected chi connectivity index (χ3v) is 2.47. The van der Waals surface area contributed by atoms with Gasteiger partial charge in [0.1, 0.15) is 0 Å². The number of hydrogen-bond donors (Lipinski definition) is 0. The molecule has 1 aromatic rings. The van der Waals surface area contributed by atoms with Crippen molar-refractivity contribution in [1.29, 1.82) is 0 Å². The average molecular weight is 281 g/mol. The predicted octanol–water partition coefficient (Wildman–Crippen LogP) is 1.01. The van der Waals surface area contributed by atoms with Crippen LogP contribution in [0.15, 0.2) is 18.2 Å². The molecule has 0 aromatic heterocycles. The van der Waals surface area contributed by atoms with Crippen molar-refractivity contribution in [1.82, 2.24) is 0 Å². The summed E-state index contributed by atoms with van der Waals surface area (Å²) in [6.45, 7) is 2.05. The molecular formula is C12H11NO7. The number of rotatable bonds is 3. The monoisotopic (exact) mass is 281 g/mol. The summed E-state index contributed by atoms with van der Waals surface area (Å²) in [7, 11) is 0. The lowest BCUT2D eigenvalue weighted by molar-refractivity contribution is -0.386. The number of hydrogen-bond acceptors (Lipinski definition) is 7. The van der Waals surface area contributed by atoms with Crippen LogP contribution in [0.2, 0.25) is 0 Å². The third kappa shape index (κ3) is 3.89. The van der Waals surface area contributed by atoms with E-state index in [1.807, 2.05) is 0 Å². The minimum Gasteiger partial charge on any atom is -0.471 e. The smallest absolute Gasteiger partial charge is 0.373 e. The van der Waals surface area contributed by atoms with Gasteiger partial charge in [-0.3, -0.25) is 10.1 Å². The van der Waals surface area contributed by atoms with Gasteiger partial charge < -0.3 is 9.47 Å². The number of carbonyl (C=O) groups excluding carboxylic acids is 3. The molecule has 8 nitrogen and oxygen atoms in total. The highest BCUT2D eigenvalue weighted by molar-refractivity contribution is 5.77. The first-order valence-corrected chi connectivity index (χ1v) is 5.57. The zero-order chi connectivity index (χ0) is 15.1. The fourth-order valence-corrected chi connectivity index (χ4v) is 1.61. The summed E-state index contributed by atoms with van der Waals surface area (Å²) >= 11 is 0. The Morgan fingerprint density at radius 3 is 2.60 bits per heavy atom. The maximum atomic E-state index is 11.2. The summed E-state index contributed by atoms with van der Waals surface area (Å²) in [6, 6.07) is 4.61. The topological polar surface area (TPSA) is 113 Å². The van der Waals surface area contributed by atoms with Gasteiger partial charge in [-0.05, 0) is 18.6 Å². The van der Waals surface area contributed by atoms with Crippen LogP contribution in [0.3, 0.4) is 0 Å². The van der Waals surface area contributed by atoms with Crippen LogP contribution < -0.4 is 4.74 Å². The van der Waals surface area contributed by atoms with E-state index in [1.54, 1.807) is 13.0 Å². The van der Waals surface area contributed by atoms with Gasteiger partial charge >= 0.3 is 17.8 Å². The van der Waals surface area contributed by atoms with E-state index in [0.717, 1.165) is 5.56 Å². The van der Waals surface area contributed by atoms with Crippen LogP contribution in [0, 0.1) is 17.0 Å².